The first-order chi connectivity index (χ1) is 24.6. The highest BCUT2D eigenvalue weighted by atomic mass is 16.6. The second-order valence-electron chi connectivity index (χ2n) is 13.4. The molecule has 2 aliphatic heterocycles. The van der Waals surface area contributed by atoms with E-state index < -0.39 is 0 Å². The van der Waals surface area contributed by atoms with Crippen molar-refractivity contribution in [3.8, 4) is 33.5 Å². The van der Waals surface area contributed by atoms with Crippen molar-refractivity contribution in [3.63, 3.8) is 0 Å². The molecule has 50 heavy (non-hydrogen) atoms. The number of rotatable bonds is 7. The Hall–Kier alpha value is -5.73. The molecule has 4 heterocycles. The molecule has 0 spiro atoms. The van der Waals surface area contributed by atoms with Crippen molar-refractivity contribution in [1.82, 2.24) is 30.2 Å². The maximum Gasteiger partial charge on any atom is 0.410 e. The van der Waals surface area contributed by atoms with Gasteiger partial charge in [-0.15, -0.1) is 0 Å². The van der Waals surface area contributed by atoms with E-state index in [1.54, 1.807) is 4.90 Å². The lowest BCUT2D eigenvalue weighted by molar-refractivity contribution is 0.0910. The minimum Gasteiger partial charge on any atom is -0.445 e. The Labute approximate surface area is 290 Å². The number of amides is 1. The molecule has 9 rings (SSSR count). The highest BCUT2D eigenvalue weighted by Crippen LogP contribution is 2.34. The van der Waals surface area contributed by atoms with Crippen molar-refractivity contribution in [2.24, 2.45) is 0 Å². The van der Waals surface area contributed by atoms with Gasteiger partial charge >= 0.3 is 6.09 Å². The maximum atomic E-state index is 13.0. The van der Waals surface area contributed by atoms with Crippen molar-refractivity contribution in [1.29, 1.82) is 0 Å². The Kier molecular flexibility index (Phi) is 7.86. The number of likely N-dealkylation sites (tertiary alicyclic amines) is 1. The Bertz CT molecular complexity index is 2300. The summed E-state index contributed by atoms with van der Waals surface area (Å²) in [5, 5.41) is 5.95. The van der Waals surface area contributed by atoms with E-state index in [1.165, 1.54) is 33.9 Å². The molecule has 2 saturated heterocycles. The second-order valence-corrected chi connectivity index (χ2v) is 13.4. The molecule has 2 aromatic heterocycles. The van der Waals surface area contributed by atoms with Crippen LogP contribution in [0.2, 0.25) is 0 Å². The molecule has 5 aromatic carbocycles. The Balaban J connectivity index is 0.886. The minimum atomic E-state index is -0.299. The maximum absolute atomic E-state index is 13.0. The van der Waals surface area contributed by atoms with Crippen molar-refractivity contribution in [3.05, 3.63) is 133 Å². The van der Waals surface area contributed by atoms with Crippen LogP contribution in [0.1, 0.15) is 55.0 Å². The molecule has 0 bridgehead atoms. The molecule has 248 valence electrons. The Morgan fingerprint density at radius 2 is 1.46 bits per heavy atom. The molecule has 7 aromatic rings. The number of imidazole rings is 2. The molecule has 3 N–H and O–H groups in total. The summed E-state index contributed by atoms with van der Waals surface area (Å²) in [5.41, 5.74) is 9.75. The number of H-pyrrole nitrogens is 2. The number of hydrogen-bond donors (Lipinski definition) is 3. The lowest BCUT2D eigenvalue weighted by Crippen LogP contribution is -2.31. The lowest BCUT2D eigenvalue weighted by Gasteiger charge is -2.22. The minimum absolute atomic E-state index is 0.121. The van der Waals surface area contributed by atoms with Crippen LogP contribution in [-0.4, -0.2) is 44.0 Å². The highest BCUT2D eigenvalue weighted by Gasteiger charge is 2.33. The van der Waals surface area contributed by atoms with Crippen molar-refractivity contribution in [2.75, 3.05) is 13.1 Å². The van der Waals surface area contributed by atoms with Gasteiger partial charge < -0.3 is 20.0 Å². The van der Waals surface area contributed by atoms with E-state index in [1.807, 2.05) is 36.5 Å². The average Bonchev–Trinajstić information content (AvgIpc) is 4.00. The number of carbonyl (C=O) groups is 1. The van der Waals surface area contributed by atoms with E-state index in [-0.39, 0.29) is 18.7 Å². The SMILES string of the molecule is O=C(OCc1ccccc1)N1CCC[C@H]1c1ncc(-c2ccc(-c3ccc4cc(-c5ccc6nc([C@@H]7CCCN7)[nH]c6c5)ccc4c3)cc2)[nH]1. The van der Waals surface area contributed by atoms with Gasteiger partial charge in [0, 0.05) is 6.54 Å². The molecule has 2 fully saturated rings. The first kappa shape index (κ1) is 30.3. The van der Waals surface area contributed by atoms with E-state index in [0.29, 0.717) is 12.6 Å². The molecular formula is C42H38N6O2. The van der Waals surface area contributed by atoms with Gasteiger partial charge in [-0.2, -0.15) is 0 Å². The summed E-state index contributed by atoms with van der Waals surface area (Å²) in [4.78, 5) is 31.3. The fraction of sp³-hybridized carbons (Fsp3) is 0.214. The zero-order valence-corrected chi connectivity index (χ0v) is 27.7. The third kappa shape index (κ3) is 5.92. The van der Waals surface area contributed by atoms with Crippen LogP contribution in [0.3, 0.4) is 0 Å². The number of ether oxygens (including phenoxy) is 1. The van der Waals surface area contributed by atoms with E-state index in [2.05, 4.69) is 99.1 Å². The van der Waals surface area contributed by atoms with Gasteiger partial charge in [0.05, 0.1) is 35.0 Å². The van der Waals surface area contributed by atoms with Crippen LogP contribution in [0, 0.1) is 0 Å². The monoisotopic (exact) mass is 658 g/mol. The molecule has 1 amide bonds. The molecule has 0 aliphatic carbocycles. The average molecular weight is 659 g/mol. The molecule has 8 nitrogen and oxygen atoms in total. The van der Waals surface area contributed by atoms with Crippen LogP contribution >= 0.6 is 0 Å². The van der Waals surface area contributed by atoms with Gasteiger partial charge in [-0.3, -0.25) is 4.90 Å². The van der Waals surface area contributed by atoms with Gasteiger partial charge in [-0.05, 0) is 101 Å². The van der Waals surface area contributed by atoms with Gasteiger partial charge in [-0.1, -0.05) is 84.9 Å². The number of carbonyl (C=O) groups excluding carboxylic acids is 1. The van der Waals surface area contributed by atoms with Gasteiger partial charge in [0.15, 0.2) is 0 Å². The van der Waals surface area contributed by atoms with Crippen LogP contribution in [-0.2, 0) is 11.3 Å². The summed E-state index contributed by atoms with van der Waals surface area (Å²) >= 11 is 0. The fourth-order valence-electron chi connectivity index (χ4n) is 7.46. The number of nitrogens with zero attached hydrogens (tertiary/aromatic N) is 3. The number of nitrogens with one attached hydrogen (secondary N) is 3. The molecule has 0 unspecified atom stereocenters. The fourth-order valence-corrected chi connectivity index (χ4v) is 7.46. The summed E-state index contributed by atoms with van der Waals surface area (Å²) in [5.74, 6) is 1.83. The molecule has 0 radical (unpaired) electrons. The van der Waals surface area contributed by atoms with Gasteiger partial charge in [0.2, 0.25) is 0 Å². The zero-order chi connectivity index (χ0) is 33.4. The lowest BCUT2D eigenvalue weighted by atomic mass is 9.97. The number of benzene rings is 5. The van der Waals surface area contributed by atoms with E-state index >= 15 is 0 Å². The third-order valence-corrected chi connectivity index (χ3v) is 10.2. The van der Waals surface area contributed by atoms with E-state index in [9.17, 15) is 4.79 Å². The molecule has 2 atom stereocenters. The topological polar surface area (TPSA) is 98.9 Å². The summed E-state index contributed by atoms with van der Waals surface area (Å²) in [6.45, 7) is 1.98. The summed E-state index contributed by atoms with van der Waals surface area (Å²) in [6, 6.07) is 38.4. The molecule has 0 saturated carbocycles. The number of fused-ring (bicyclic) bond motifs is 2. The summed E-state index contributed by atoms with van der Waals surface area (Å²) in [7, 11) is 0. The quantitative estimate of drug-likeness (QED) is 0.159. The summed E-state index contributed by atoms with van der Waals surface area (Å²) in [6.07, 6.45) is 5.66. The zero-order valence-electron chi connectivity index (χ0n) is 27.7. The van der Waals surface area contributed by atoms with Crippen LogP contribution in [0.25, 0.3) is 55.3 Å². The van der Waals surface area contributed by atoms with Gasteiger partial charge in [0.1, 0.15) is 18.3 Å². The number of aromatic amines is 2. The standard InChI is InChI=1S/C42H38N6O2/c49-42(50-26-27-6-2-1-3-7-27)48-21-5-9-39(48)41-44-25-38(47-41)29-12-10-28(11-13-29)30-14-15-32-23-33(17-16-31(32)22-30)34-18-19-35-37(24-34)46-40(45-35)36-8-4-20-43-36/h1-3,6-7,10-19,22-25,36,39,43H,4-5,8-9,20-21,26H2,(H,44,47)(H,45,46)/t36-,39-/m0/s1. The van der Waals surface area contributed by atoms with Gasteiger partial charge in [-0.25, -0.2) is 14.8 Å². The van der Waals surface area contributed by atoms with Crippen LogP contribution in [0.4, 0.5) is 4.79 Å². The van der Waals surface area contributed by atoms with Crippen LogP contribution in [0.5, 0.6) is 0 Å². The van der Waals surface area contributed by atoms with E-state index in [4.69, 9.17) is 9.72 Å². The normalized spacial score (nSPS) is 17.6. The molecule has 8 heteroatoms. The smallest absolute Gasteiger partial charge is 0.410 e. The third-order valence-electron chi connectivity index (χ3n) is 10.2. The first-order valence-corrected chi connectivity index (χ1v) is 17.5. The predicted octanol–water partition coefficient (Wildman–Crippen LogP) is 9.34. The van der Waals surface area contributed by atoms with Crippen LogP contribution < -0.4 is 5.32 Å². The second kappa shape index (κ2) is 12.9. The largest absolute Gasteiger partial charge is 0.445 e. The first-order valence-electron chi connectivity index (χ1n) is 17.5. The number of hydrogen-bond acceptors (Lipinski definition) is 5. The Morgan fingerprint density at radius 3 is 2.24 bits per heavy atom. The Morgan fingerprint density at radius 1 is 0.740 bits per heavy atom. The van der Waals surface area contributed by atoms with Crippen molar-refractivity contribution >= 4 is 27.9 Å². The van der Waals surface area contributed by atoms with Gasteiger partial charge in [0.25, 0.3) is 0 Å². The van der Waals surface area contributed by atoms with Crippen LogP contribution in [0.15, 0.2) is 115 Å². The van der Waals surface area contributed by atoms with E-state index in [0.717, 1.165) is 70.9 Å². The highest BCUT2D eigenvalue weighted by molar-refractivity contribution is 5.92. The summed E-state index contributed by atoms with van der Waals surface area (Å²) < 4.78 is 5.63. The molecule has 2 aliphatic rings. The van der Waals surface area contributed by atoms with Crippen molar-refractivity contribution in [2.45, 2.75) is 44.4 Å². The molecular weight excluding hydrogens is 621 g/mol. The predicted molar refractivity (Wildman–Crippen MR) is 197 cm³/mol. The number of aromatic nitrogens is 4. The van der Waals surface area contributed by atoms with Crippen molar-refractivity contribution < 1.29 is 9.53 Å².